The van der Waals surface area contributed by atoms with Crippen LogP contribution in [-0.2, 0) is 43.2 Å². The minimum Gasteiger partial charge on any atom is -0.481 e. The van der Waals surface area contributed by atoms with Crippen molar-refractivity contribution in [2.24, 2.45) is 17.4 Å². The van der Waals surface area contributed by atoms with Gasteiger partial charge in [0.15, 0.2) is 0 Å². The molecule has 0 aliphatic rings. The Hall–Kier alpha value is -4.85. The number of hydrogen-bond acceptors (Lipinski definition) is 11. The fourth-order valence-corrected chi connectivity index (χ4v) is 3.79. The number of carboxylic acids is 2. The molecule has 8 atom stereocenters. The van der Waals surface area contributed by atoms with Gasteiger partial charge >= 0.3 is 11.9 Å². The van der Waals surface area contributed by atoms with E-state index in [9.17, 15) is 48.3 Å². The van der Waals surface area contributed by atoms with E-state index in [1.54, 1.807) is 13.8 Å². The average molecular weight is 675 g/mol. The Morgan fingerprint density at radius 2 is 1.02 bits per heavy atom. The van der Waals surface area contributed by atoms with Gasteiger partial charge in [-0.15, -0.1) is 0 Å². The lowest BCUT2D eigenvalue weighted by Crippen LogP contribution is -2.61. The summed E-state index contributed by atoms with van der Waals surface area (Å²) in [5, 5.41) is 41.6. The maximum absolute atomic E-state index is 13.2. The van der Waals surface area contributed by atoms with Gasteiger partial charge in [-0.05, 0) is 40.0 Å². The van der Waals surface area contributed by atoms with Gasteiger partial charge in [0.25, 0.3) is 0 Å². The quantitative estimate of drug-likeness (QED) is 0.0578. The van der Waals surface area contributed by atoms with Crippen LogP contribution >= 0.6 is 0 Å². The third-order valence-electron chi connectivity index (χ3n) is 6.35. The van der Waals surface area contributed by atoms with E-state index in [-0.39, 0.29) is 12.3 Å². The number of primary amides is 1. The van der Waals surface area contributed by atoms with Crippen LogP contribution in [-0.4, -0.2) is 117 Å². The SMILES string of the molecule is CC(C)C[C@H](NC(=O)[C@H](CC(N)=O)NC(=O)[C@@H](NC(=O)[C@H](C)NC(=O)[C@H](C)N)[C@@H](C)O)C(=O)N[C@@H](C)C(=O)N[C@@H](CC(=O)O)C(=O)O. The summed E-state index contributed by atoms with van der Waals surface area (Å²) >= 11 is 0. The maximum Gasteiger partial charge on any atom is 0.326 e. The lowest BCUT2D eigenvalue weighted by atomic mass is 10.0. The third-order valence-corrected chi connectivity index (χ3v) is 6.35. The van der Waals surface area contributed by atoms with Crippen molar-refractivity contribution in [3.8, 4) is 0 Å². The fourth-order valence-electron chi connectivity index (χ4n) is 3.79. The van der Waals surface area contributed by atoms with Crippen molar-refractivity contribution in [1.29, 1.82) is 0 Å². The minimum atomic E-state index is -1.78. The van der Waals surface area contributed by atoms with Gasteiger partial charge < -0.3 is 58.7 Å². The lowest BCUT2D eigenvalue weighted by Gasteiger charge is -2.27. The Morgan fingerprint density at radius 3 is 1.45 bits per heavy atom. The highest BCUT2D eigenvalue weighted by atomic mass is 16.4. The number of aliphatic hydroxyl groups excluding tert-OH is 1. The number of amides is 7. The number of nitrogens with one attached hydrogen (secondary N) is 6. The Bertz CT molecular complexity index is 1190. The topological polar surface area (TPSA) is 339 Å². The summed E-state index contributed by atoms with van der Waals surface area (Å²) < 4.78 is 0. The summed E-state index contributed by atoms with van der Waals surface area (Å²) in [5.41, 5.74) is 10.7. The van der Waals surface area contributed by atoms with Gasteiger partial charge in [-0.2, -0.15) is 0 Å². The zero-order valence-corrected chi connectivity index (χ0v) is 27.0. The van der Waals surface area contributed by atoms with Gasteiger partial charge in [0, 0.05) is 0 Å². The van der Waals surface area contributed by atoms with E-state index in [2.05, 4.69) is 26.6 Å². The van der Waals surface area contributed by atoms with Crippen LogP contribution in [0.3, 0.4) is 0 Å². The molecule has 266 valence electrons. The molecule has 0 radical (unpaired) electrons. The molecule has 0 heterocycles. The fraction of sp³-hybridized carbons (Fsp3) is 0.667. The summed E-state index contributed by atoms with van der Waals surface area (Å²) in [4.78, 5) is 110. The number of rotatable bonds is 20. The Morgan fingerprint density at radius 1 is 0.574 bits per heavy atom. The second-order valence-corrected chi connectivity index (χ2v) is 11.4. The molecule has 0 rings (SSSR count). The first-order chi connectivity index (χ1) is 21.6. The summed E-state index contributed by atoms with van der Waals surface area (Å²) in [7, 11) is 0. The molecular formula is C27H46N8O12. The highest BCUT2D eigenvalue weighted by molar-refractivity contribution is 5.98. The van der Waals surface area contributed by atoms with Crippen LogP contribution in [0.1, 0.15) is 60.8 Å². The number of hydrogen-bond donors (Lipinski definition) is 11. The van der Waals surface area contributed by atoms with E-state index in [4.69, 9.17) is 21.7 Å². The van der Waals surface area contributed by atoms with Crippen LogP contribution in [0.4, 0.5) is 0 Å². The molecule has 20 nitrogen and oxygen atoms in total. The van der Waals surface area contributed by atoms with Gasteiger partial charge in [-0.25, -0.2) is 4.79 Å². The van der Waals surface area contributed by atoms with Crippen molar-refractivity contribution < 1.29 is 58.5 Å². The highest BCUT2D eigenvalue weighted by Crippen LogP contribution is 2.08. The van der Waals surface area contributed by atoms with Crippen molar-refractivity contribution in [2.75, 3.05) is 0 Å². The molecule has 0 aromatic rings. The number of aliphatic hydroxyl groups is 1. The monoisotopic (exact) mass is 674 g/mol. The summed E-state index contributed by atoms with van der Waals surface area (Å²) in [6.45, 7) is 8.40. The van der Waals surface area contributed by atoms with Gasteiger partial charge in [-0.3, -0.25) is 38.4 Å². The first-order valence-electron chi connectivity index (χ1n) is 14.6. The largest absolute Gasteiger partial charge is 0.481 e. The lowest BCUT2D eigenvalue weighted by molar-refractivity contribution is -0.147. The second kappa shape index (κ2) is 19.6. The highest BCUT2D eigenvalue weighted by Gasteiger charge is 2.34. The molecule has 0 unspecified atom stereocenters. The third kappa shape index (κ3) is 15.8. The normalized spacial score (nSPS) is 16.0. The van der Waals surface area contributed by atoms with Crippen LogP contribution in [0.5, 0.6) is 0 Å². The van der Waals surface area contributed by atoms with Gasteiger partial charge in [-0.1, -0.05) is 13.8 Å². The number of nitrogens with two attached hydrogens (primary N) is 2. The van der Waals surface area contributed by atoms with Crippen molar-refractivity contribution in [2.45, 2.75) is 109 Å². The van der Waals surface area contributed by atoms with E-state index in [1.807, 2.05) is 5.32 Å². The molecule has 0 saturated heterocycles. The van der Waals surface area contributed by atoms with Crippen molar-refractivity contribution >= 4 is 53.3 Å². The molecule has 0 aromatic carbocycles. The molecule has 0 saturated carbocycles. The molecule has 47 heavy (non-hydrogen) atoms. The van der Waals surface area contributed by atoms with E-state index in [0.717, 1.165) is 6.92 Å². The predicted molar refractivity (Wildman–Crippen MR) is 161 cm³/mol. The number of aliphatic carboxylic acids is 2. The van der Waals surface area contributed by atoms with Crippen LogP contribution in [0.2, 0.25) is 0 Å². The molecule has 0 bridgehead atoms. The number of carbonyl (C=O) groups is 9. The molecule has 0 spiro atoms. The molecule has 0 aliphatic carbocycles. The molecule has 20 heteroatoms. The zero-order chi connectivity index (χ0) is 36.8. The second-order valence-electron chi connectivity index (χ2n) is 11.4. The van der Waals surface area contributed by atoms with E-state index in [1.165, 1.54) is 20.8 Å². The zero-order valence-electron chi connectivity index (χ0n) is 27.0. The molecular weight excluding hydrogens is 628 g/mol. The minimum absolute atomic E-state index is 0.0166. The summed E-state index contributed by atoms with van der Waals surface area (Å²) in [6, 6.07) is -10.0. The van der Waals surface area contributed by atoms with Gasteiger partial charge in [0.05, 0.1) is 25.0 Å². The Labute approximate surface area is 270 Å². The standard InChI is InChI=1S/C27H46N8O12/c1-10(2)7-15(24(43)31-12(4)22(41)34-17(27(46)47)9-19(38)39)32-25(44)16(8-18(29)37)33-26(45)20(14(6)36)35-23(42)13(5)30-21(40)11(3)28/h10-17,20,36H,7-9,28H2,1-6H3,(H2,29,37)(H,30,40)(H,31,43)(H,32,44)(H,33,45)(H,34,41)(H,35,42)(H,38,39)(H,46,47)/t11-,12-,13-,14+,15-,16-,17-,20-/m0/s1. The first-order valence-corrected chi connectivity index (χ1v) is 14.6. The van der Waals surface area contributed by atoms with Crippen LogP contribution in [0.15, 0.2) is 0 Å². The number of carbonyl (C=O) groups excluding carboxylic acids is 7. The van der Waals surface area contributed by atoms with Gasteiger partial charge in [0.2, 0.25) is 41.4 Å². The van der Waals surface area contributed by atoms with Crippen molar-refractivity contribution in [3.05, 3.63) is 0 Å². The van der Waals surface area contributed by atoms with E-state index in [0.29, 0.717) is 0 Å². The molecule has 0 aliphatic heterocycles. The molecule has 0 fully saturated rings. The van der Waals surface area contributed by atoms with Crippen LogP contribution in [0, 0.1) is 5.92 Å². The van der Waals surface area contributed by atoms with E-state index >= 15 is 0 Å². The van der Waals surface area contributed by atoms with Crippen LogP contribution < -0.4 is 43.4 Å². The predicted octanol–water partition coefficient (Wildman–Crippen LogP) is -4.86. The van der Waals surface area contributed by atoms with Crippen LogP contribution in [0.25, 0.3) is 0 Å². The van der Waals surface area contributed by atoms with E-state index < -0.39 is 115 Å². The Balaban J connectivity index is 5.84. The first kappa shape index (κ1) is 42.1. The molecule has 7 amide bonds. The Kier molecular flexibility index (Phi) is 17.6. The summed E-state index contributed by atoms with van der Waals surface area (Å²) in [5.74, 6) is -10.1. The van der Waals surface area contributed by atoms with Crippen molar-refractivity contribution in [1.82, 2.24) is 31.9 Å². The summed E-state index contributed by atoms with van der Waals surface area (Å²) in [6.07, 6.45) is -3.25. The smallest absolute Gasteiger partial charge is 0.326 e. The molecule has 13 N–H and O–H groups in total. The maximum atomic E-state index is 13.2. The van der Waals surface area contributed by atoms with Crippen molar-refractivity contribution in [3.63, 3.8) is 0 Å². The van der Waals surface area contributed by atoms with Gasteiger partial charge in [0.1, 0.15) is 36.3 Å². The molecule has 0 aromatic heterocycles. The average Bonchev–Trinajstić information content (AvgIpc) is 2.93. The number of carboxylic acid groups (broad SMARTS) is 2.